The summed E-state index contributed by atoms with van der Waals surface area (Å²) in [6.45, 7) is 4.80. The number of nitrogens with one attached hydrogen (secondary N) is 1. The summed E-state index contributed by atoms with van der Waals surface area (Å²) in [5.74, 6) is 1.01. The monoisotopic (exact) mass is 283 g/mol. The highest BCUT2D eigenvalue weighted by Gasteiger charge is 2.03. The molecule has 0 fully saturated rings. The van der Waals surface area contributed by atoms with Gasteiger partial charge in [-0.25, -0.2) is 0 Å². The van der Waals surface area contributed by atoms with Gasteiger partial charge in [0.1, 0.15) is 0 Å². The molecule has 0 aromatic heterocycles. The molecule has 1 aromatic carbocycles. The second-order valence-electron chi connectivity index (χ2n) is 4.45. The summed E-state index contributed by atoms with van der Waals surface area (Å²) in [4.78, 5) is 1.28. The Balaban J connectivity index is 1.92. The van der Waals surface area contributed by atoms with Crippen LogP contribution >= 0.6 is 11.8 Å². The van der Waals surface area contributed by atoms with E-state index in [4.69, 9.17) is 4.74 Å². The van der Waals surface area contributed by atoms with Crippen LogP contribution in [0, 0.1) is 0 Å². The zero-order valence-corrected chi connectivity index (χ0v) is 12.5. The SMILES string of the molecule is CCCCOCC(O)CNCCSc1ccccc1. The highest BCUT2D eigenvalue weighted by Crippen LogP contribution is 2.15. The first kappa shape index (κ1) is 16.5. The maximum Gasteiger partial charge on any atom is 0.0897 e. The van der Waals surface area contributed by atoms with E-state index in [2.05, 4.69) is 24.4 Å². The molecule has 0 saturated carbocycles. The second-order valence-corrected chi connectivity index (χ2v) is 5.62. The van der Waals surface area contributed by atoms with Crippen LogP contribution in [0.4, 0.5) is 0 Å². The lowest BCUT2D eigenvalue weighted by atomic mass is 10.3. The van der Waals surface area contributed by atoms with Crippen LogP contribution in [0.2, 0.25) is 0 Å². The van der Waals surface area contributed by atoms with E-state index in [0.29, 0.717) is 13.2 Å². The maximum absolute atomic E-state index is 9.67. The molecule has 3 nitrogen and oxygen atoms in total. The Morgan fingerprint density at radius 2 is 2.11 bits per heavy atom. The van der Waals surface area contributed by atoms with Crippen LogP contribution in [0.15, 0.2) is 35.2 Å². The molecular formula is C15H25NO2S. The van der Waals surface area contributed by atoms with Crippen LogP contribution in [-0.4, -0.2) is 43.3 Å². The first-order valence-corrected chi connectivity index (χ1v) is 7.96. The number of ether oxygens (including phenoxy) is 1. The average Bonchev–Trinajstić information content (AvgIpc) is 2.44. The Morgan fingerprint density at radius 3 is 2.84 bits per heavy atom. The van der Waals surface area contributed by atoms with Crippen molar-refractivity contribution in [1.29, 1.82) is 0 Å². The third-order valence-corrected chi connectivity index (χ3v) is 3.64. The van der Waals surface area contributed by atoms with Gasteiger partial charge in [0.15, 0.2) is 0 Å². The summed E-state index contributed by atoms with van der Waals surface area (Å²) in [5.41, 5.74) is 0. The molecular weight excluding hydrogens is 258 g/mol. The topological polar surface area (TPSA) is 41.5 Å². The van der Waals surface area contributed by atoms with Gasteiger partial charge in [-0.15, -0.1) is 11.8 Å². The van der Waals surface area contributed by atoms with Gasteiger partial charge in [0.25, 0.3) is 0 Å². The number of hydrogen-bond donors (Lipinski definition) is 2. The fourth-order valence-corrected chi connectivity index (χ4v) is 2.38. The van der Waals surface area contributed by atoms with Crippen LogP contribution in [-0.2, 0) is 4.74 Å². The Morgan fingerprint density at radius 1 is 1.32 bits per heavy atom. The highest BCUT2D eigenvalue weighted by atomic mass is 32.2. The van der Waals surface area contributed by atoms with Gasteiger partial charge in [-0.1, -0.05) is 31.5 Å². The first-order valence-electron chi connectivity index (χ1n) is 6.97. The van der Waals surface area contributed by atoms with Crippen molar-refractivity contribution in [3.8, 4) is 0 Å². The molecule has 0 amide bonds. The lowest BCUT2D eigenvalue weighted by molar-refractivity contribution is 0.0362. The molecule has 2 N–H and O–H groups in total. The van der Waals surface area contributed by atoms with Crippen molar-refractivity contribution in [2.24, 2.45) is 0 Å². The van der Waals surface area contributed by atoms with Gasteiger partial charge in [-0.2, -0.15) is 0 Å². The highest BCUT2D eigenvalue weighted by molar-refractivity contribution is 7.99. The van der Waals surface area contributed by atoms with Gasteiger partial charge < -0.3 is 15.2 Å². The number of aliphatic hydroxyl groups is 1. The molecule has 0 spiro atoms. The molecule has 0 aliphatic rings. The maximum atomic E-state index is 9.67. The first-order chi connectivity index (χ1) is 9.33. The van der Waals surface area contributed by atoms with E-state index in [1.54, 1.807) is 0 Å². The fraction of sp³-hybridized carbons (Fsp3) is 0.600. The zero-order valence-electron chi connectivity index (χ0n) is 11.7. The molecule has 0 aliphatic carbocycles. The van der Waals surface area contributed by atoms with Gasteiger partial charge in [0.2, 0.25) is 0 Å². The van der Waals surface area contributed by atoms with Gasteiger partial charge in [-0.3, -0.25) is 0 Å². The Kier molecular flexibility index (Phi) is 9.81. The molecule has 108 valence electrons. The van der Waals surface area contributed by atoms with Crippen molar-refractivity contribution in [2.75, 3.05) is 32.1 Å². The fourth-order valence-electron chi connectivity index (χ4n) is 1.55. The predicted octanol–water partition coefficient (Wildman–Crippen LogP) is 2.55. The number of rotatable bonds is 11. The third-order valence-electron chi connectivity index (χ3n) is 2.62. The number of aliphatic hydroxyl groups excluding tert-OH is 1. The minimum atomic E-state index is -0.404. The van der Waals surface area contributed by atoms with Crippen molar-refractivity contribution >= 4 is 11.8 Å². The van der Waals surface area contributed by atoms with E-state index in [0.717, 1.165) is 31.7 Å². The summed E-state index contributed by atoms with van der Waals surface area (Å²) in [7, 11) is 0. The summed E-state index contributed by atoms with van der Waals surface area (Å²) in [6, 6.07) is 10.3. The summed E-state index contributed by atoms with van der Waals surface area (Å²) in [5, 5.41) is 12.9. The molecule has 0 bridgehead atoms. The summed E-state index contributed by atoms with van der Waals surface area (Å²) in [6.07, 6.45) is 1.79. The quantitative estimate of drug-likeness (QED) is 0.484. The predicted molar refractivity (Wildman–Crippen MR) is 81.8 cm³/mol. The van der Waals surface area contributed by atoms with Crippen LogP contribution in [0.3, 0.4) is 0 Å². The molecule has 1 aromatic rings. The van der Waals surface area contributed by atoms with Crippen LogP contribution in [0.5, 0.6) is 0 Å². The van der Waals surface area contributed by atoms with Gasteiger partial charge in [-0.05, 0) is 18.6 Å². The number of unbranched alkanes of at least 4 members (excludes halogenated alkanes) is 1. The van der Waals surface area contributed by atoms with Crippen LogP contribution in [0.25, 0.3) is 0 Å². The number of hydrogen-bond acceptors (Lipinski definition) is 4. The smallest absolute Gasteiger partial charge is 0.0897 e. The second kappa shape index (κ2) is 11.3. The van der Waals surface area contributed by atoms with E-state index < -0.39 is 6.10 Å². The minimum absolute atomic E-state index is 0.404. The van der Waals surface area contributed by atoms with E-state index in [-0.39, 0.29) is 0 Å². The van der Waals surface area contributed by atoms with E-state index >= 15 is 0 Å². The molecule has 1 unspecified atom stereocenters. The number of thioether (sulfide) groups is 1. The van der Waals surface area contributed by atoms with Crippen molar-refractivity contribution in [1.82, 2.24) is 5.32 Å². The Labute approximate surface area is 120 Å². The number of benzene rings is 1. The molecule has 4 heteroatoms. The van der Waals surface area contributed by atoms with Crippen molar-refractivity contribution in [3.63, 3.8) is 0 Å². The molecule has 1 rings (SSSR count). The van der Waals surface area contributed by atoms with E-state index in [1.807, 2.05) is 30.0 Å². The molecule has 0 heterocycles. The molecule has 0 radical (unpaired) electrons. The molecule has 19 heavy (non-hydrogen) atoms. The van der Waals surface area contributed by atoms with E-state index in [1.165, 1.54) is 4.90 Å². The third kappa shape index (κ3) is 9.05. The van der Waals surface area contributed by atoms with Crippen molar-refractivity contribution in [3.05, 3.63) is 30.3 Å². The Hall–Kier alpha value is -0.550. The van der Waals surface area contributed by atoms with Crippen molar-refractivity contribution < 1.29 is 9.84 Å². The van der Waals surface area contributed by atoms with Gasteiger partial charge >= 0.3 is 0 Å². The van der Waals surface area contributed by atoms with E-state index in [9.17, 15) is 5.11 Å². The minimum Gasteiger partial charge on any atom is -0.389 e. The standard InChI is InChI=1S/C15H25NO2S/c1-2-3-10-18-13-14(17)12-16-9-11-19-15-7-5-4-6-8-15/h4-8,14,16-17H,2-3,9-13H2,1H3. The average molecular weight is 283 g/mol. The molecule has 0 saturated heterocycles. The van der Waals surface area contributed by atoms with Gasteiger partial charge in [0, 0.05) is 30.3 Å². The summed E-state index contributed by atoms with van der Waals surface area (Å²) >= 11 is 1.82. The lowest BCUT2D eigenvalue weighted by Gasteiger charge is -2.12. The summed E-state index contributed by atoms with van der Waals surface area (Å²) < 4.78 is 5.37. The Bertz CT molecular complexity index is 308. The zero-order chi connectivity index (χ0) is 13.8. The lowest BCUT2D eigenvalue weighted by Crippen LogP contribution is -2.31. The van der Waals surface area contributed by atoms with Crippen LogP contribution < -0.4 is 5.32 Å². The van der Waals surface area contributed by atoms with Crippen molar-refractivity contribution in [2.45, 2.75) is 30.8 Å². The molecule has 0 aliphatic heterocycles. The normalized spacial score (nSPS) is 12.5. The largest absolute Gasteiger partial charge is 0.389 e. The van der Waals surface area contributed by atoms with Gasteiger partial charge in [0.05, 0.1) is 12.7 Å². The molecule has 1 atom stereocenters. The van der Waals surface area contributed by atoms with Crippen LogP contribution in [0.1, 0.15) is 19.8 Å².